The van der Waals surface area contributed by atoms with Crippen LogP contribution in [0.4, 0.5) is 4.39 Å². The second-order valence-electron chi connectivity index (χ2n) is 5.70. The fourth-order valence-corrected chi connectivity index (χ4v) is 2.67. The number of rotatable bonds is 5. The molecule has 0 aliphatic rings. The number of benzene rings is 2. The van der Waals surface area contributed by atoms with Gasteiger partial charge >= 0.3 is 0 Å². The largest absolute Gasteiger partial charge is 0.506 e. The van der Waals surface area contributed by atoms with Crippen molar-refractivity contribution in [3.8, 4) is 5.75 Å². The summed E-state index contributed by atoms with van der Waals surface area (Å²) < 4.78 is 14.2. The number of amides is 1. The lowest BCUT2D eigenvalue weighted by Crippen LogP contribution is -2.31. The van der Waals surface area contributed by atoms with Crippen LogP contribution in [0.25, 0.3) is 10.9 Å². The number of allylic oxidation sites excluding steroid dienone is 1. The second-order valence-corrected chi connectivity index (χ2v) is 5.70. The summed E-state index contributed by atoms with van der Waals surface area (Å²) in [4.78, 5) is 25.2. The lowest BCUT2D eigenvalue weighted by atomic mass is 10.1. The summed E-state index contributed by atoms with van der Waals surface area (Å²) in [5.74, 6) is -1.65. The fraction of sp³-hybridized carbons (Fsp3) is 0.0500. The molecule has 0 fully saturated rings. The summed E-state index contributed by atoms with van der Waals surface area (Å²) in [7, 11) is 0. The normalized spacial score (nSPS) is 11.0. The number of carbonyl (C=O) groups is 1. The van der Waals surface area contributed by atoms with Crippen LogP contribution in [0.3, 0.4) is 0 Å². The van der Waals surface area contributed by atoms with Crippen LogP contribution in [0.1, 0.15) is 15.9 Å². The Hall–Kier alpha value is -3.74. The number of nitrogens with one attached hydrogen (secondary N) is 1. The first-order valence-electron chi connectivity index (χ1n) is 8.07. The van der Waals surface area contributed by atoms with E-state index < -0.39 is 22.8 Å². The van der Waals surface area contributed by atoms with Crippen molar-refractivity contribution in [3.05, 3.63) is 88.5 Å². The molecule has 7 heteroatoms. The first-order chi connectivity index (χ1) is 13.0. The lowest BCUT2D eigenvalue weighted by molar-refractivity contribution is 0.0950. The molecule has 0 unspecified atom stereocenters. The Balaban J connectivity index is 1.97. The number of para-hydroxylation sites is 1. The van der Waals surface area contributed by atoms with Crippen molar-refractivity contribution in [1.29, 1.82) is 0 Å². The Bertz CT molecular complexity index is 1100. The highest BCUT2D eigenvalue weighted by molar-refractivity contribution is 6.02. The highest BCUT2D eigenvalue weighted by Crippen LogP contribution is 2.26. The van der Waals surface area contributed by atoms with Crippen LogP contribution in [0.2, 0.25) is 0 Å². The number of pyridine rings is 1. The van der Waals surface area contributed by atoms with Gasteiger partial charge in [0.2, 0.25) is 0 Å². The zero-order chi connectivity index (χ0) is 19.4. The SMILES string of the molecule is C=CCn1c(=O)c(C(=O)N/N=C/c2ccc(F)cc2)c(O)c2ccccc21. The van der Waals surface area contributed by atoms with Crippen molar-refractivity contribution in [3.63, 3.8) is 0 Å². The molecule has 1 heterocycles. The first-order valence-corrected chi connectivity index (χ1v) is 8.07. The molecule has 0 aliphatic heterocycles. The van der Waals surface area contributed by atoms with Crippen LogP contribution in [0.15, 0.2) is 71.1 Å². The maximum atomic E-state index is 12.9. The quantitative estimate of drug-likeness (QED) is 0.414. The van der Waals surface area contributed by atoms with Gasteiger partial charge in [0, 0.05) is 11.9 Å². The number of aromatic nitrogens is 1. The summed E-state index contributed by atoms with van der Waals surface area (Å²) in [6.45, 7) is 3.80. The van der Waals surface area contributed by atoms with Crippen molar-refractivity contribution >= 4 is 23.0 Å². The highest BCUT2D eigenvalue weighted by Gasteiger charge is 2.21. The molecule has 0 aliphatic carbocycles. The van der Waals surface area contributed by atoms with Gasteiger partial charge in [0.25, 0.3) is 11.5 Å². The number of halogens is 1. The summed E-state index contributed by atoms with van der Waals surface area (Å²) in [6.07, 6.45) is 2.83. The Kier molecular flexibility index (Phi) is 5.12. The van der Waals surface area contributed by atoms with Crippen molar-refractivity contribution in [2.24, 2.45) is 5.10 Å². The van der Waals surface area contributed by atoms with Crippen LogP contribution in [0, 0.1) is 5.82 Å². The van der Waals surface area contributed by atoms with Crippen molar-refractivity contribution in [2.75, 3.05) is 0 Å². The van der Waals surface area contributed by atoms with E-state index in [0.717, 1.165) is 0 Å². The number of nitrogens with zero attached hydrogens (tertiary/aromatic N) is 2. The smallest absolute Gasteiger partial charge is 0.280 e. The number of carbonyl (C=O) groups excluding carboxylic acids is 1. The minimum atomic E-state index is -0.848. The van der Waals surface area contributed by atoms with E-state index in [1.54, 1.807) is 24.3 Å². The van der Waals surface area contributed by atoms with E-state index in [1.165, 1.54) is 41.1 Å². The van der Waals surface area contributed by atoms with Crippen molar-refractivity contribution in [2.45, 2.75) is 6.54 Å². The van der Waals surface area contributed by atoms with E-state index in [9.17, 15) is 19.1 Å². The fourth-order valence-electron chi connectivity index (χ4n) is 2.67. The molecule has 2 aromatic carbocycles. The topological polar surface area (TPSA) is 83.7 Å². The molecule has 1 aromatic heterocycles. The standard InChI is InChI=1S/C20H16FN3O3/c1-2-11-24-16-6-4-3-5-15(16)18(25)17(20(24)27)19(26)23-22-12-13-7-9-14(21)10-8-13/h2-10,12,25H,1,11H2,(H,23,26)/b22-12+. The lowest BCUT2D eigenvalue weighted by Gasteiger charge is -2.12. The molecule has 27 heavy (non-hydrogen) atoms. The number of hydrazone groups is 1. The van der Waals surface area contributed by atoms with Crippen molar-refractivity contribution in [1.82, 2.24) is 9.99 Å². The third kappa shape index (κ3) is 3.62. The second kappa shape index (κ2) is 7.65. The maximum Gasteiger partial charge on any atom is 0.280 e. The van der Waals surface area contributed by atoms with Crippen LogP contribution in [-0.2, 0) is 6.54 Å². The van der Waals surface area contributed by atoms with Crippen molar-refractivity contribution < 1.29 is 14.3 Å². The minimum Gasteiger partial charge on any atom is -0.506 e. The average molecular weight is 365 g/mol. The molecule has 3 rings (SSSR count). The molecular formula is C20H16FN3O3. The molecule has 0 atom stereocenters. The number of hydrogen-bond acceptors (Lipinski definition) is 4. The van der Waals surface area contributed by atoms with Crippen LogP contribution in [0.5, 0.6) is 5.75 Å². The third-order valence-electron chi connectivity index (χ3n) is 3.93. The molecule has 3 aromatic rings. The van der Waals surface area contributed by atoms with E-state index in [4.69, 9.17) is 0 Å². The molecule has 1 amide bonds. The zero-order valence-electron chi connectivity index (χ0n) is 14.2. The number of fused-ring (bicyclic) bond motifs is 1. The van der Waals surface area contributed by atoms with Gasteiger partial charge in [-0.1, -0.05) is 30.3 Å². The monoisotopic (exact) mass is 365 g/mol. The average Bonchev–Trinajstić information content (AvgIpc) is 2.67. The van der Waals surface area contributed by atoms with E-state index in [1.807, 2.05) is 0 Å². The molecular weight excluding hydrogens is 349 g/mol. The Morgan fingerprint density at radius 2 is 1.93 bits per heavy atom. The van der Waals surface area contributed by atoms with Gasteiger partial charge in [-0.3, -0.25) is 9.59 Å². The predicted molar refractivity (Wildman–Crippen MR) is 102 cm³/mol. The molecule has 6 nitrogen and oxygen atoms in total. The van der Waals surface area contributed by atoms with Gasteiger partial charge in [0.15, 0.2) is 0 Å². The van der Waals surface area contributed by atoms with Gasteiger partial charge in [-0.2, -0.15) is 5.10 Å². The highest BCUT2D eigenvalue weighted by atomic mass is 19.1. The minimum absolute atomic E-state index is 0.179. The van der Waals surface area contributed by atoms with E-state index >= 15 is 0 Å². The van der Waals surface area contributed by atoms with Crippen LogP contribution < -0.4 is 11.0 Å². The summed E-state index contributed by atoms with van der Waals surface area (Å²) in [5, 5.41) is 14.6. The van der Waals surface area contributed by atoms with Gasteiger partial charge in [0.1, 0.15) is 17.1 Å². The first kappa shape index (κ1) is 18.1. The molecule has 0 saturated heterocycles. The van der Waals surface area contributed by atoms with E-state index in [0.29, 0.717) is 16.5 Å². The summed E-state index contributed by atoms with van der Waals surface area (Å²) in [5.41, 5.74) is 2.20. The molecule has 2 N–H and O–H groups in total. The molecule has 136 valence electrons. The number of hydrogen-bond donors (Lipinski definition) is 2. The van der Waals surface area contributed by atoms with E-state index in [2.05, 4.69) is 17.1 Å². The Morgan fingerprint density at radius 1 is 1.22 bits per heavy atom. The van der Waals surface area contributed by atoms with Gasteiger partial charge in [0.05, 0.1) is 11.7 Å². The molecule has 0 spiro atoms. The van der Waals surface area contributed by atoms with Crippen LogP contribution in [-0.4, -0.2) is 21.8 Å². The number of aromatic hydroxyl groups is 1. The van der Waals surface area contributed by atoms with Gasteiger partial charge in [-0.25, -0.2) is 9.82 Å². The van der Waals surface area contributed by atoms with Gasteiger partial charge in [-0.05, 0) is 29.8 Å². The van der Waals surface area contributed by atoms with Gasteiger partial charge < -0.3 is 9.67 Å². The molecule has 0 bridgehead atoms. The van der Waals surface area contributed by atoms with Gasteiger partial charge in [-0.15, -0.1) is 6.58 Å². The zero-order valence-corrected chi connectivity index (χ0v) is 14.2. The Morgan fingerprint density at radius 3 is 2.63 bits per heavy atom. The summed E-state index contributed by atoms with van der Waals surface area (Å²) >= 11 is 0. The van der Waals surface area contributed by atoms with E-state index in [-0.39, 0.29) is 12.4 Å². The Labute approximate surface area is 153 Å². The maximum absolute atomic E-state index is 12.9. The molecule has 0 radical (unpaired) electrons. The predicted octanol–water partition coefficient (Wildman–Crippen LogP) is 2.80. The molecule has 0 saturated carbocycles. The van der Waals surface area contributed by atoms with Crippen LogP contribution >= 0.6 is 0 Å². The summed E-state index contributed by atoms with van der Waals surface area (Å²) in [6, 6.07) is 12.2. The third-order valence-corrected chi connectivity index (χ3v) is 3.93.